The van der Waals surface area contributed by atoms with Gasteiger partial charge < -0.3 is 14.7 Å². The highest BCUT2D eigenvalue weighted by atomic mass is 16.5. The van der Waals surface area contributed by atoms with E-state index >= 15 is 0 Å². The number of carboxylic acid groups (broad SMARTS) is 1. The molecule has 1 atom stereocenters. The van der Waals surface area contributed by atoms with Crippen molar-refractivity contribution in [3.05, 3.63) is 29.8 Å². The molecule has 1 unspecified atom stereocenters. The number of carbonyl (C=O) groups is 2. The van der Waals surface area contributed by atoms with Crippen molar-refractivity contribution in [1.29, 1.82) is 0 Å². The molecule has 0 aliphatic carbocycles. The summed E-state index contributed by atoms with van der Waals surface area (Å²) in [5.41, 5.74) is 1.84. The van der Waals surface area contributed by atoms with Crippen molar-refractivity contribution in [3.8, 4) is 0 Å². The Balaban J connectivity index is 2.16. The highest BCUT2D eigenvalue weighted by molar-refractivity contribution is 5.95. The number of carboxylic acids is 1. The number of ether oxygens (including phenoxy) is 1. The first-order chi connectivity index (χ1) is 9.58. The Morgan fingerprint density at radius 1 is 1.35 bits per heavy atom. The van der Waals surface area contributed by atoms with E-state index in [4.69, 9.17) is 9.84 Å². The van der Waals surface area contributed by atoms with Crippen LogP contribution < -0.4 is 4.90 Å². The first-order valence-electron chi connectivity index (χ1n) is 6.75. The van der Waals surface area contributed by atoms with E-state index in [1.54, 1.807) is 4.90 Å². The zero-order chi connectivity index (χ0) is 14.5. The molecule has 0 radical (unpaired) electrons. The van der Waals surface area contributed by atoms with Gasteiger partial charge in [0.05, 0.1) is 18.9 Å². The molecule has 1 N–H and O–H groups in total. The predicted molar refractivity (Wildman–Crippen MR) is 74.7 cm³/mol. The summed E-state index contributed by atoms with van der Waals surface area (Å²) in [5, 5.41) is 8.84. The van der Waals surface area contributed by atoms with Crippen LogP contribution in [0.25, 0.3) is 0 Å². The van der Waals surface area contributed by atoms with Crippen LogP contribution in [-0.2, 0) is 14.3 Å². The van der Waals surface area contributed by atoms with Gasteiger partial charge in [-0.3, -0.25) is 9.59 Å². The third-order valence-electron chi connectivity index (χ3n) is 3.44. The van der Waals surface area contributed by atoms with Crippen LogP contribution in [0.5, 0.6) is 0 Å². The van der Waals surface area contributed by atoms with Crippen LogP contribution in [0, 0.1) is 12.8 Å². The summed E-state index contributed by atoms with van der Waals surface area (Å²) in [6.45, 7) is 3.18. The van der Waals surface area contributed by atoms with E-state index in [0.717, 1.165) is 11.3 Å². The van der Waals surface area contributed by atoms with Crippen LogP contribution >= 0.6 is 0 Å². The molecule has 1 fully saturated rings. The van der Waals surface area contributed by atoms with Crippen LogP contribution in [0.3, 0.4) is 0 Å². The van der Waals surface area contributed by atoms with Gasteiger partial charge in [0.2, 0.25) is 5.91 Å². The van der Waals surface area contributed by atoms with Crippen molar-refractivity contribution in [3.63, 3.8) is 0 Å². The number of nitrogens with zero attached hydrogens (tertiary/aromatic N) is 1. The second-order valence-corrected chi connectivity index (χ2v) is 5.03. The van der Waals surface area contributed by atoms with Crippen LogP contribution in [0.15, 0.2) is 24.3 Å². The third-order valence-corrected chi connectivity index (χ3v) is 3.44. The molecule has 20 heavy (non-hydrogen) atoms. The van der Waals surface area contributed by atoms with Crippen molar-refractivity contribution >= 4 is 17.6 Å². The number of hydrogen-bond acceptors (Lipinski definition) is 3. The smallest absolute Gasteiger partial charge is 0.305 e. The van der Waals surface area contributed by atoms with Gasteiger partial charge in [-0.15, -0.1) is 0 Å². The highest BCUT2D eigenvalue weighted by Gasteiger charge is 2.29. The lowest BCUT2D eigenvalue weighted by atomic mass is 10.1. The Morgan fingerprint density at radius 2 is 2.05 bits per heavy atom. The van der Waals surface area contributed by atoms with Gasteiger partial charge in [-0.25, -0.2) is 0 Å². The molecule has 1 aliphatic heterocycles. The largest absolute Gasteiger partial charge is 0.481 e. The summed E-state index contributed by atoms with van der Waals surface area (Å²) < 4.78 is 5.25. The second-order valence-electron chi connectivity index (χ2n) is 5.03. The summed E-state index contributed by atoms with van der Waals surface area (Å²) >= 11 is 0. The van der Waals surface area contributed by atoms with E-state index in [-0.39, 0.29) is 24.8 Å². The van der Waals surface area contributed by atoms with Gasteiger partial charge in [-0.2, -0.15) is 0 Å². The Morgan fingerprint density at radius 3 is 2.60 bits per heavy atom. The topological polar surface area (TPSA) is 66.8 Å². The van der Waals surface area contributed by atoms with Gasteiger partial charge in [-0.05, 0) is 25.5 Å². The monoisotopic (exact) mass is 277 g/mol. The van der Waals surface area contributed by atoms with E-state index in [1.807, 2.05) is 31.2 Å². The van der Waals surface area contributed by atoms with Gasteiger partial charge in [0.25, 0.3) is 0 Å². The number of hydrogen-bond donors (Lipinski definition) is 1. The average Bonchev–Trinajstić information content (AvgIpc) is 2.94. The van der Waals surface area contributed by atoms with Crippen LogP contribution in [0.2, 0.25) is 0 Å². The molecule has 0 saturated carbocycles. The summed E-state index contributed by atoms with van der Waals surface area (Å²) in [7, 11) is 0. The molecule has 1 aromatic rings. The van der Waals surface area contributed by atoms with Crippen molar-refractivity contribution in [2.24, 2.45) is 5.92 Å². The summed E-state index contributed by atoms with van der Waals surface area (Å²) in [4.78, 5) is 24.8. The fourth-order valence-electron chi connectivity index (χ4n) is 2.25. The molecular weight excluding hydrogens is 258 g/mol. The molecule has 0 spiro atoms. The fourth-order valence-corrected chi connectivity index (χ4v) is 2.25. The Hall–Kier alpha value is -1.88. The Labute approximate surface area is 118 Å². The van der Waals surface area contributed by atoms with E-state index in [9.17, 15) is 9.59 Å². The number of benzene rings is 1. The Kier molecular flexibility index (Phi) is 4.74. The van der Waals surface area contributed by atoms with Gasteiger partial charge in [0, 0.05) is 18.8 Å². The number of carbonyl (C=O) groups excluding carboxylic acids is 1. The molecule has 1 aromatic carbocycles. The molecular formula is C15H19NO4. The number of anilines is 1. The van der Waals surface area contributed by atoms with Crippen LogP contribution in [-0.4, -0.2) is 36.7 Å². The zero-order valence-electron chi connectivity index (χ0n) is 11.5. The van der Waals surface area contributed by atoms with E-state index in [1.165, 1.54) is 0 Å². The molecule has 1 amide bonds. The predicted octanol–water partition coefficient (Wildman–Crippen LogP) is 1.84. The van der Waals surface area contributed by atoms with Crippen molar-refractivity contribution < 1.29 is 19.4 Å². The number of amides is 1. The highest BCUT2D eigenvalue weighted by Crippen LogP contribution is 2.22. The summed E-state index contributed by atoms with van der Waals surface area (Å²) in [5.74, 6) is -1.12. The SMILES string of the molecule is Cc1ccc(N(CCC(=O)O)C(=O)C2CCOC2)cc1. The van der Waals surface area contributed by atoms with Gasteiger partial charge in [0.15, 0.2) is 0 Å². The minimum atomic E-state index is -0.905. The lowest BCUT2D eigenvalue weighted by Crippen LogP contribution is -2.38. The number of aliphatic carboxylic acids is 1. The molecule has 108 valence electrons. The lowest BCUT2D eigenvalue weighted by molar-refractivity contribution is -0.136. The lowest BCUT2D eigenvalue weighted by Gasteiger charge is -2.25. The molecule has 5 heteroatoms. The quantitative estimate of drug-likeness (QED) is 0.891. The molecule has 5 nitrogen and oxygen atoms in total. The second kappa shape index (κ2) is 6.52. The first kappa shape index (κ1) is 14.5. The van der Waals surface area contributed by atoms with Gasteiger partial charge in [0.1, 0.15) is 0 Å². The van der Waals surface area contributed by atoms with Gasteiger partial charge in [-0.1, -0.05) is 17.7 Å². The standard InChI is InChI=1S/C15H19NO4/c1-11-2-4-13(5-3-11)16(8-6-14(17)18)15(19)12-7-9-20-10-12/h2-5,12H,6-10H2,1H3,(H,17,18). The van der Waals surface area contributed by atoms with Crippen molar-refractivity contribution in [2.45, 2.75) is 19.8 Å². The molecule has 0 aromatic heterocycles. The van der Waals surface area contributed by atoms with Crippen molar-refractivity contribution in [2.75, 3.05) is 24.7 Å². The molecule has 1 heterocycles. The maximum absolute atomic E-state index is 12.5. The Bertz CT molecular complexity index is 477. The third kappa shape index (κ3) is 3.57. The maximum Gasteiger partial charge on any atom is 0.305 e. The first-order valence-corrected chi connectivity index (χ1v) is 6.75. The van der Waals surface area contributed by atoms with E-state index in [0.29, 0.717) is 19.6 Å². The van der Waals surface area contributed by atoms with E-state index in [2.05, 4.69) is 0 Å². The van der Waals surface area contributed by atoms with Crippen LogP contribution in [0.1, 0.15) is 18.4 Å². The molecule has 1 aliphatic rings. The minimum Gasteiger partial charge on any atom is -0.481 e. The zero-order valence-corrected chi connectivity index (χ0v) is 11.5. The molecule has 2 rings (SSSR count). The normalized spacial score (nSPS) is 17.9. The molecule has 0 bridgehead atoms. The number of aryl methyl sites for hydroxylation is 1. The maximum atomic E-state index is 12.5. The molecule has 1 saturated heterocycles. The minimum absolute atomic E-state index is 0.0485. The van der Waals surface area contributed by atoms with Crippen molar-refractivity contribution in [1.82, 2.24) is 0 Å². The fraction of sp³-hybridized carbons (Fsp3) is 0.467. The van der Waals surface area contributed by atoms with Gasteiger partial charge >= 0.3 is 5.97 Å². The van der Waals surface area contributed by atoms with E-state index < -0.39 is 5.97 Å². The summed E-state index contributed by atoms with van der Waals surface area (Å²) in [6, 6.07) is 7.54. The van der Waals surface area contributed by atoms with Crippen LogP contribution in [0.4, 0.5) is 5.69 Å². The number of rotatable bonds is 5. The summed E-state index contributed by atoms with van der Waals surface area (Å²) in [6.07, 6.45) is 0.640. The average molecular weight is 277 g/mol.